The molecule has 130 valence electrons. The van der Waals surface area contributed by atoms with Crippen molar-refractivity contribution >= 4 is 29.2 Å². The number of aromatic nitrogens is 4. The molecule has 0 bridgehead atoms. The van der Waals surface area contributed by atoms with Crippen LogP contribution < -0.4 is 5.32 Å². The highest BCUT2D eigenvalue weighted by molar-refractivity contribution is 6.32. The van der Waals surface area contributed by atoms with E-state index in [0.717, 1.165) is 16.8 Å². The van der Waals surface area contributed by atoms with Gasteiger partial charge in [-0.05, 0) is 40.3 Å². The highest BCUT2D eigenvalue weighted by atomic mass is 35.5. The molecular formula is C18H14ClN5O2. The van der Waals surface area contributed by atoms with Gasteiger partial charge in [-0.1, -0.05) is 47.0 Å². The normalized spacial score (nSPS) is 15.6. The Morgan fingerprint density at radius 3 is 2.69 bits per heavy atom. The van der Waals surface area contributed by atoms with Crippen LogP contribution >= 0.6 is 11.6 Å². The number of allylic oxidation sites excluding steroid dienone is 1. The minimum absolute atomic E-state index is 0.237. The summed E-state index contributed by atoms with van der Waals surface area (Å²) in [4.78, 5) is 11.6. The van der Waals surface area contributed by atoms with E-state index in [9.17, 15) is 4.79 Å². The Kier molecular flexibility index (Phi) is 4.14. The summed E-state index contributed by atoms with van der Waals surface area (Å²) in [6, 6.07) is 14.5. The fourth-order valence-corrected chi connectivity index (χ4v) is 3.10. The van der Waals surface area contributed by atoms with Crippen LogP contribution in [0.4, 0.5) is 5.95 Å². The Morgan fingerprint density at radius 1 is 1.19 bits per heavy atom. The first-order chi connectivity index (χ1) is 12.7. The summed E-state index contributed by atoms with van der Waals surface area (Å²) in [5, 5.41) is 15.7. The van der Waals surface area contributed by atoms with Gasteiger partial charge < -0.3 is 10.1 Å². The molecule has 1 aromatic heterocycles. The number of nitrogens with one attached hydrogen (secondary N) is 1. The average Bonchev–Trinajstić information content (AvgIpc) is 3.16. The number of anilines is 1. The zero-order chi connectivity index (χ0) is 18.1. The minimum atomic E-state index is -0.378. The van der Waals surface area contributed by atoms with Gasteiger partial charge in [-0.15, -0.1) is 0 Å². The molecule has 0 saturated carbocycles. The van der Waals surface area contributed by atoms with Gasteiger partial charge in [0.1, 0.15) is 6.04 Å². The topological polar surface area (TPSA) is 81.9 Å². The molecule has 7 nitrogen and oxygen atoms in total. The maximum absolute atomic E-state index is 11.6. The fourth-order valence-electron chi connectivity index (χ4n) is 2.86. The highest BCUT2D eigenvalue weighted by Crippen LogP contribution is 2.33. The van der Waals surface area contributed by atoms with Gasteiger partial charge in [-0.25, -0.2) is 4.79 Å². The monoisotopic (exact) mass is 367 g/mol. The SMILES string of the molecule is COC(=O)c1ccc([C@@H]2C=C(c3ccccc3Cl)Nc3nnnn32)cc1. The maximum Gasteiger partial charge on any atom is 0.337 e. The van der Waals surface area contributed by atoms with Crippen LogP contribution in [0.1, 0.15) is 27.5 Å². The maximum atomic E-state index is 11.6. The van der Waals surface area contributed by atoms with Crippen LogP contribution in [-0.2, 0) is 4.74 Å². The van der Waals surface area contributed by atoms with E-state index in [2.05, 4.69) is 20.8 Å². The summed E-state index contributed by atoms with van der Waals surface area (Å²) in [7, 11) is 1.36. The van der Waals surface area contributed by atoms with Gasteiger partial charge in [0.15, 0.2) is 0 Å². The molecule has 8 heteroatoms. The molecule has 0 saturated heterocycles. The van der Waals surface area contributed by atoms with Crippen molar-refractivity contribution in [2.24, 2.45) is 0 Å². The molecular weight excluding hydrogens is 354 g/mol. The zero-order valence-electron chi connectivity index (χ0n) is 13.8. The molecule has 0 radical (unpaired) electrons. The molecule has 2 aromatic carbocycles. The minimum Gasteiger partial charge on any atom is -0.465 e. The number of methoxy groups -OCH3 is 1. The molecule has 1 aliphatic rings. The summed E-state index contributed by atoms with van der Waals surface area (Å²) in [6.45, 7) is 0. The fraction of sp³-hybridized carbons (Fsp3) is 0.111. The van der Waals surface area contributed by atoms with Gasteiger partial charge in [0.25, 0.3) is 0 Å². The van der Waals surface area contributed by atoms with Crippen molar-refractivity contribution in [2.45, 2.75) is 6.04 Å². The first-order valence-electron chi connectivity index (χ1n) is 7.87. The second-order valence-electron chi connectivity index (χ2n) is 5.69. The predicted molar refractivity (Wildman–Crippen MR) is 96.8 cm³/mol. The first kappa shape index (κ1) is 16.3. The third kappa shape index (κ3) is 2.82. The molecule has 4 rings (SSSR count). The summed E-state index contributed by atoms with van der Waals surface area (Å²) in [6.07, 6.45) is 2.00. The van der Waals surface area contributed by atoms with Crippen LogP contribution in [0, 0.1) is 0 Å². The molecule has 1 atom stereocenters. The number of carbonyl (C=O) groups excluding carboxylic acids is 1. The molecule has 0 fully saturated rings. The predicted octanol–water partition coefficient (Wildman–Crippen LogP) is 3.17. The third-order valence-electron chi connectivity index (χ3n) is 4.16. The Morgan fingerprint density at radius 2 is 1.96 bits per heavy atom. The van der Waals surface area contributed by atoms with Crippen molar-refractivity contribution in [1.29, 1.82) is 0 Å². The lowest BCUT2D eigenvalue weighted by Crippen LogP contribution is -2.20. The number of carbonyl (C=O) groups is 1. The Hall–Kier alpha value is -3.19. The number of tetrazole rings is 1. The van der Waals surface area contributed by atoms with Gasteiger partial charge in [0.05, 0.1) is 12.7 Å². The second-order valence-corrected chi connectivity index (χ2v) is 6.10. The van der Waals surface area contributed by atoms with E-state index in [1.54, 1.807) is 16.8 Å². The molecule has 0 amide bonds. The lowest BCUT2D eigenvalue weighted by molar-refractivity contribution is 0.0600. The highest BCUT2D eigenvalue weighted by Gasteiger charge is 2.25. The number of ether oxygens (including phenoxy) is 1. The number of rotatable bonds is 3. The number of nitrogens with zero attached hydrogens (tertiary/aromatic N) is 4. The summed E-state index contributed by atoms with van der Waals surface area (Å²) in [5.41, 5.74) is 3.09. The van der Waals surface area contributed by atoms with Crippen LogP contribution in [0.5, 0.6) is 0 Å². The number of benzene rings is 2. The zero-order valence-corrected chi connectivity index (χ0v) is 14.5. The van der Waals surface area contributed by atoms with Crippen LogP contribution in [0.25, 0.3) is 5.70 Å². The van der Waals surface area contributed by atoms with E-state index in [-0.39, 0.29) is 12.0 Å². The standard InChI is InChI=1S/C18H14ClN5O2/c1-26-17(25)12-8-6-11(7-9-12)16-10-15(13-4-2-3-5-14(13)19)20-18-21-22-23-24(16)18/h2-10,16H,1H3,(H,20,21,23)/t16-/m0/s1. The Balaban J connectivity index is 1.76. The van der Waals surface area contributed by atoms with Crippen LogP contribution in [0.15, 0.2) is 54.6 Å². The smallest absolute Gasteiger partial charge is 0.337 e. The second kappa shape index (κ2) is 6.61. The van der Waals surface area contributed by atoms with Gasteiger partial charge >= 0.3 is 5.97 Å². The van der Waals surface area contributed by atoms with E-state index < -0.39 is 0 Å². The summed E-state index contributed by atoms with van der Waals surface area (Å²) < 4.78 is 6.41. The molecule has 26 heavy (non-hydrogen) atoms. The molecule has 0 spiro atoms. The number of fused-ring (bicyclic) bond motifs is 1. The van der Waals surface area contributed by atoms with Gasteiger partial charge in [0.2, 0.25) is 5.95 Å². The van der Waals surface area contributed by atoms with Crippen LogP contribution in [0.2, 0.25) is 5.02 Å². The third-order valence-corrected chi connectivity index (χ3v) is 4.49. The molecule has 1 aliphatic heterocycles. The molecule has 0 unspecified atom stereocenters. The van der Waals surface area contributed by atoms with E-state index in [1.807, 2.05) is 42.5 Å². The molecule has 2 heterocycles. The van der Waals surface area contributed by atoms with Crippen molar-refractivity contribution in [3.05, 3.63) is 76.3 Å². The molecule has 3 aromatic rings. The van der Waals surface area contributed by atoms with Crippen LogP contribution in [0.3, 0.4) is 0 Å². The van der Waals surface area contributed by atoms with Gasteiger partial charge in [-0.3, -0.25) is 0 Å². The van der Waals surface area contributed by atoms with E-state index >= 15 is 0 Å². The Bertz CT molecular complexity index is 997. The molecule has 1 N–H and O–H groups in total. The van der Waals surface area contributed by atoms with Crippen molar-refractivity contribution in [3.63, 3.8) is 0 Å². The first-order valence-corrected chi connectivity index (χ1v) is 8.25. The van der Waals surface area contributed by atoms with E-state index in [4.69, 9.17) is 16.3 Å². The average molecular weight is 368 g/mol. The van der Waals surface area contributed by atoms with Crippen molar-refractivity contribution < 1.29 is 9.53 Å². The molecule has 0 aliphatic carbocycles. The van der Waals surface area contributed by atoms with Crippen LogP contribution in [-0.4, -0.2) is 33.3 Å². The lowest BCUT2D eigenvalue weighted by atomic mass is 10.0. The van der Waals surface area contributed by atoms with E-state index in [1.165, 1.54) is 7.11 Å². The van der Waals surface area contributed by atoms with E-state index in [0.29, 0.717) is 16.5 Å². The van der Waals surface area contributed by atoms with Crippen molar-refractivity contribution in [2.75, 3.05) is 12.4 Å². The lowest BCUT2D eigenvalue weighted by Gasteiger charge is -2.24. The van der Waals surface area contributed by atoms with Crippen molar-refractivity contribution in [3.8, 4) is 0 Å². The summed E-state index contributed by atoms with van der Waals surface area (Å²) >= 11 is 6.33. The summed E-state index contributed by atoms with van der Waals surface area (Å²) in [5.74, 6) is 0.140. The number of hydrogen-bond donors (Lipinski definition) is 1. The number of halogens is 1. The van der Waals surface area contributed by atoms with Crippen molar-refractivity contribution in [1.82, 2.24) is 20.2 Å². The largest absolute Gasteiger partial charge is 0.465 e. The Labute approximate surface area is 154 Å². The number of esters is 1. The van der Waals surface area contributed by atoms with Gasteiger partial charge in [0, 0.05) is 16.3 Å². The van der Waals surface area contributed by atoms with Gasteiger partial charge in [-0.2, -0.15) is 4.68 Å². The quantitative estimate of drug-likeness (QED) is 0.716. The number of hydrogen-bond acceptors (Lipinski definition) is 6.